The van der Waals surface area contributed by atoms with E-state index in [1.807, 2.05) is 6.07 Å². The molecular weight excluding hydrogens is 462 g/mol. The number of nitriles is 1. The van der Waals surface area contributed by atoms with E-state index in [1.54, 1.807) is 51.3 Å². The molecule has 170 valence electrons. The Balaban J connectivity index is 1.93. The van der Waals surface area contributed by atoms with Crippen LogP contribution in [0.1, 0.15) is 46.9 Å². The van der Waals surface area contributed by atoms with Crippen molar-refractivity contribution in [3.8, 4) is 17.7 Å². The summed E-state index contributed by atoms with van der Waals surface area (Å²) in [7, 11) is 1.56. The molecule has 1 aliphatic heterocycles. The Labute approximate surface area is 200 Å². The van der Waals surface area contributed by atoms with Gasteiger partial charge < -0.3 is 9.84 Å². The highest BCUT2D eigenvalue weighted by Gasteiger charge is 2.35. The third-order valence-electron chi connectivity index (χ3n) is 5.13. The van der Waals surface area contributed by atoms with Crippen LogP contribution in [0.15, 0.2) is 34.0 Å². The number of hydrogen-bond acceptors (Lipinski definition) is 8. The summed E-state index contributed by atoms with van der Waals surface area (Å²) in [4.78, 5) is 40.1. The molecule has 0 radical (unpaired) electrons. The molecule has 3 rings (SSSR count). The van der Waals surface area contributed by atoms with Crippen LogP contribution in [0, 0.1) is 18.3 Å². The number of ether oxygens (including phenoxy) is 1. The van der Waals surface area contributed by atoms with Crippen LogP contribution in [0.5, 0.6) is 11.6 Å². The van der Waals surface area contributed by atoms with Crippen LogP contribution in [0.2, 0.25) is 0 Å². The molecule has 1 N–H and O–H groups in total. The first kappa shape index (κ1) is 24.2. The number of aromatic nitrogens is 1. The second-order valence-corrected chi connectivity index (χ2v) is 9.22. The molecule has 1 saturated heterocycles. The molecule has 2 aromatic rings. The number of hydrogen-bond donors (Lipinski definition) is 1. The molecule has 0 atom stereocenters. The highest BCUT2D eigenvalue weighted by molar-refractivity contribution is 8.26. The van der Waals surface area contributed by atoms with E-state index in [0.717, 1.165) is 26.8 Å². The van der Waals surface area contributed by atoms with Crippen molar-refractivity contribution in [2.75, 3.05) is 13.7 Å². The van der Waals surface area contributed by atoms with E-state index >= 15 is 0 Å². The predicted octanol–water partition coefficient (Wildman–Crippen LogP) is 3.41. The highest BCUT2D eigenvalue weighted by Crippen LogP contribution is 2.34. The van der Waals surface area contributed by atoms with Crippen LogP contribution in [0.3, 0.4) is 0 Å². The average Bonchev–Trinajstić information content (AvgIpc) is 3.01. The second-order valence-electron chi connectivity index (χ2n) is 7.54. The van der Waals surface area contributed by atoms with Crippen LogP contribution in [-0.2, 0) is 4.79 Å². The van der Waals surface area contributed by atoms with Crippen LogP contribution < -0.4 is 10.3 Å². The normalized spacial score (nSPS) is 14.8. The summed E-state index contributed by atoms with van der Waals surface area (Å²) >= 11 is 6.37. The van der Waals surface area contributed by atoms with Gasteiger partial charge in [-0.2, -0.15) is 5.26 Å². The molecule has 1 aromatic carbocycles. The van der Waals surface area contributed by atoms with Crippen LogP contribution in [0.25, 0.3) is 6.08 Å². The SMILES string of the molecule is COc1ccc(/C=C2\SC(=S)N(CC(=O)c3c(C)c(C#N)c(=O)n(C(C)C)c3O)C2=O)cc1. The maximum atomic E-state index is 13.1. The molecule has 1 aliphatic rings. The lowest BCUT2D eigenvalue weighted by Gasteiger charge is -2.19. The van der Waals surface area contributed by atoms with E-state index in [1.165, 1.54) is 6.92 Å². The molecule has 1 amide bonds. The zero-order valence-corrected chi connectivity index (χ0v) is 20.0. The maximum absolute atomic E-state index is 13.1. The number of benzene rings is 1. The van der Waals surface area contributed by atoms with E-state index < -0.39 is 35.7 Å². The molecule has 0 spiro atoms. The third-order valence-corrected chi connectivity index (χ3v) is 6.51. The number of aromatic hydroxyl groups is 1. The Morgan fingerprint density at radius 2 is 1.94 bits per heavy atom. The molecule has 1 fully saturated rings. The van der Waals surface area contributed by atoms with Gasteiger partial charge in [0.1, 0.15) is 21.7 Å². The van der Waals surface area contributed by atoms with Crippen molar-refractivity contribution in [3.63, 3.8) is 0 Å². The Morgan fingerprint density at radius 1 is 1.30 bits per heavy atom. The minimum atomic E-state index is -0.674. The number of rotatable bonds is 6. The molecule has 10 heteroatoms. The topological polar surface area (TPSA) is 113 Å². The minimum Gasteiger partial charge on any atom is -0.497 e. The Morgan fingerprint density at radius 3 is 2.48 bits per heavy atom. The zero-order valence-electron chi connectivity index (χ0n) is 18.4. The number of Topliss-reactive ketones (excluding diaryl/α,β-unsaturated/α-hetero) is 1. The fourth-order valence-corrected chi connectivity index (χ4v) is 4.70. The lowest BCUT2D eigenvalue weighted by atomic mass is 10.0. The van der Waals surface area contributed by atoms with Gasteiger partial charge in [-0.05, 0) is 50.1 Å². The largest absolute Gasteiger partial charge is 0.497 e. The van der Waals surface area contributed by atoms with Crippen LogP contribution in [0.4, 0.5) is 0 Å². The smallest absolute Gasteiger partial charge is 0.271 e. The maximum Gasteiger partial charge on any atom is 0.271 e. The van der Waals surface area contributed by atoms with Crippen molar-refractivity contribution >= 4 is 46.1 Å². The fraction of sp³-hybridized carbons (Fsp3) is 0.261. The summed E-state index contributed by atoms with van der Waals surface area (Å²) in [6.45, 7) is 4.29. The molecule has 1 aromatic heterocycles. The van der Waals surface area contributed by atoms with Gasteiger partial charge >= 0.3 is 0 Å². The number of thioether (sulfide) groups is 1. The molecule has 0 bridgehead atoms. The summed E-state index contributed by atoms with van der Waals surface area (Å²) in [6.07, 6.45) is 1.67. The van der Waals surface area contributed by atoms with Crippen LogP contribution in [-0.4, -0.2) is 44.2 Å². The zero-order chi connectivity index (χ0) is 24.4. The van der Waals surface area contributed by atoms with Gasteiger partial charge in [-0.1, -0.05) is 36.1 Å². The van der Waals surface area contributed by atoms with Crippen molar-refractivity contribution in [1.82, 2.24) is 9.47 Å². The number of thiocarbonyl (C=S) groups is 1. The van der Waals surface area contributed by atoms with Crippen molar-refractivity contribution in [1.29, 1.82) is 5.26 Å². The number of amides is 1. The van der Waals surface area contributed by atoms with Gasteiger partial charge in [-0.3, -0.25) is 23.9 Å². The van der Waals surface area contributed by atoms with E-state index in [4.69, 9.17) is 17.0 Å². The summed E-state index contributed by atoms with van der Waals surface area (Å²) in [6, 6.07) is 8.42. The van der Waals surface area contributed by atoms with E-state index in [9.17, 15) is 24.8 Å². The van der Waals surface area contributed by atoms with Gasteiger partial charge in [-0.25, -0.2) is 0 Å². The second kappa shape index (κ2) is 9.60. The molecule has 33 heavy (non-hydrogen) atoms. The number of ketones is 1. The third kappa shape index (κ3) is 4.55. The molecule has 2 heterocycles. The van der Waals surface area contributed by atoms with Crippen molar-refractivity contribution < 1.29 is 19.4 Å². The van der Waals surface area contributed by atoms with Crippen molar-refractivity contribution in [3.05, 3.63) is 61.8 Å². The van der Waals surface area contributed by atoms with Crippen molar-refractivity contribution in [2.24, 2.45) is 0 Å². The van der Waals surface area contributed by atoms with Crippen LogP contribution >= 0.6 is 24.0 Å². The molecule has 0 unspecified atom stereocenters. The molecule has 0 aliphatic carbocycles. The quantitative estimate of drug-likeness (QED) is 0.378. The summed E-state index contributed by atoms with van der Waals surface area (Å²) in [5, 5.41) is 20.1. The van der Waals surface area contributed by atoms with Gasteiger partial charge in [0, 0.05) is 6.04 Å². The van der Waals surface area contributed by atoms with Gasteiger partial charge in [0.25, 0.3) is 11.5 Å². The van der Waals surface area contributed by atoms with Gasteiger partial charge in [-0.15, -0.1) is 0 Å². The number of nitrogens with zero attached hydrogens (tertiary/aromatic N) is 3. The van der Waals surface area contributed by atoms with Crippen molar-refractivity contribution in [2.45, 2.75) is 26.8 Å². The monoisotopic (exact) mass is 483 g/mol. The average molecular weight is 484 g/mol. The van der Waals surface area contributed by atoms with E-state index in [0.29, 0.717) is 10.7 Å². The van der Waals surface area contributed by atoms with Gasteiger partial charge in [0.05, 0.1) is 24.1 Å². The first-order valence-electron chi connectivity index (χ1n) is 9.91. The van der Waals surface area contributed by atoms with E-state index in [-0.39, 0.29) is 21.0 Å². The minimum absolute atomic E-state index is 0.0705. The Bertz CT molecular complexity index is 1290. The number of carbonyl (C=O) groups is 2. The lowest BCUT2D eigenvalue weighted by molar-refractivity contribution is -0.121. The lowest BCUT2D eigenvalue weighted by Crippen LogP contribution is -2.35. The number of carbonyl (C=O) groups excluding carboxylic acids is 2. The highest BCUT2D eigenvalue weighted by atomic mass is 32.2. The first-order chi connectivity index (χ1) is 15.6. The summed E-state index contributed by atoms with van der Waals surface area (Å²) in [5.41, 5.74) is -0.241. The summed E-state index contributed by atoms with van der Waals surface area (Å²) in [5.74, 6) is -0.919. The Kier molecular flexibility index (Phi) is 7.05. The van der Waals surface area contributed by atoms with Gasteiger partial charge in [0.15, 0.2) is 5.78 Å². The van der Waals surface area contributed by atoms with Gasteiger partial charge in [0.2, 0.25) is 5.88 Å². The first-order valence-corrected chi connectivity index (χ1v) is 11.1. The number of pyridine rings is 1. The fourth-order valence-electron chi connectivity index (χ4n) is 3.45. The molecular formula is C23H21N3O5S2. The number of methoxy groups -OCH3 is 1. The standard InChI is InChI=1S/C23H21N3O5S2/c1-12(2)26-20(28)16(10-24)13(3)19(22(26)30)17(27)11-25-21(29)18(33-23(25)32)9-14-5-7-15(31-4)8-6-14/h5-9,12,30H,11H2,1-4H3/b18-9-. The molecule has 0 saturated carbocycles. The summed E-state index contributed by atoms with van der Waals surface area (Å²) < 4.78 is 6.32. The Hall–Kier alpha value is -3.42. The molecule has 8 nitrogen and oxygen atoms in total. The van der Waals surface area contributed by atoms with E-state index in [2.05, 4.69) is 0 Å². The predicted molar refractivity (Wildman–Crippen MR) is 129 cm³/mol.